The second-order valence-electron chi connectivity index (χ2n) is 5.58. The molecule has 0 bridgehead atoms. The summed E-state index contributed by atoms with van der Waals surface area (Å²) in [6.45, 7) is 5.07. The zero-order chi connectivity index (χ0) is 17.7. The van der Waals surface area contributed by atoms with Crippen LogP contribution in [0.15, 0.2) is 23.1 Å². The van der Waals surface area contributed by atoms with Crippen LogP contribution < -0.4 is 15.2 Å². The van der Waals surface area contributed by atoms with E-state index in [2.05, 4.69) is 9.62 Å². The van der Waals surface area contributed by atoms with Gasteiger partial charge in [-0.25, -0.2) is 13.1 Å². The van der Waals surface area contributed by atoms with E-state index in [1.165, 1.54) is 25.3 Å². The lowest BCUT2D eigenvalue weighted by Gasteiger charge is -2.32. The molecule has 9 heteroatoms. The third-order valence-corrected chi connectivity index (χ3v) is 5.41. The van der Waals surface area contributed by atoms with Crippen molar-refractivity contribution in [2.24, 2.45) is 5.73 Å². The fourth-order valence-corrected chi connectivity index (χ4v) is 3.66. The van der Waals surface area contributed by atoms with Crippen LogP contribution in [-0.4, -0.2) is 65.2 Å². The summed E-state index contributed by atoms with van der Waals surface area (Å²) in [7, 11) is -2.36. The predicted molar refractivity (Wildman–Crippen MR) is 88.6 cm³/mol. The van der Waals surface area contributed by atoms with Gasteiger partial charge in [-0.05, 0) is 25.1 Å². The van der Waals surface area contributed by atoms with Gasteiger partial charge in [-0.3, -0.25) is 9.69 Å². The zero-order valence-corrected chi connectivity index (χ0v) is 14.6. The molecule has 0 aliphatic carbocycles. The molecule has 1 unspecified atom stereocenters. The number of carbonyl (C=O) groups excluding carboxylic acids is 1. The van der Waals surface area contributed by atoms with Crippen molar-refractivity contribution in [1.82, 2.24) is 9.62 Å². The molecule has 0 spiro atoms. The van der Waals surface area contributed by atoms with E-state index in [4.69, 9.17) is 15.2 Å². The summed E-state index contributed by atoms with van der Waals surface area (Å²) >= 11 is 0. The Balaban J connectivity index is 2.09. The van der Waals surface area contributed by atoms with Crippen molar-refractivity contribution >= 4 is 15.9 Å². The maximum absolute atomic E-state index is 12.4. The number of carbonyl (C=O) groups is 1. The molecular weight excluding hydrogens is 334 g/mol. The number of nitrogens with one attached hydrogen (secondary N) is 1. The van der Waals surface area contributed by atoms with Crippen LogP contribution in [0.4, 0.5) is 0 Å². The van der Waals surface area contributed by atoms with E-state index in [1.807, 2.05) is 6.92 Å². The second kappa shape index (κ2) is 7.93. The fraction of sp³-hybridized carbons (Fsp3) is 0.533. The number of rotatable bonds is 7. The fourth-order valence-electron chi connectivity index (χ4n) is 2.51. The molecule has 1 aliphatic rings. The number of hydrogen-bond donors (Lipinski definition) is 2. The minimum Gasteiger partial charge on any atom is -0.496 e. The molecule has 1 saturated heterocycles. The molecule has 0 aromatic heterocycles. The lowest BCUT2D eigenvalue weighted by atomic mass is 10.2. The molecule has 1 fully saturated rings. The van der Waals surface area contributed by atoms with Crippen LogP contribution in [-0.2, 0) is 14.8 Å². The summed E-state index contributed by atoms with van der Waals surface area (Å²) in [5.41, 5.74) is 5.30. The van der Waals surface area contributed by atoms with Crippen LogP contribution in [0, 0.1) is 0 Å². The number of sulfonamides is 1. The first-order valence-electron chi connectivity index (χ1n) is 7.64. The Morgan fingerprint density at radius 1 is 1.42 bits per heavy atom. The largest absolute Gasteiger partial charge is 0.496 e. The average molecular weight is 357 g/mol. The van der Waals surface area contributed by atoms with Crippen LogP contribution in [0.2, 0.25) is 0 Å². The van der Waals surface area contributed by atoms with Gasteiger partial charge in [-0.2, -0.15) is 0 Å². The summed E-state index contributed by atoms with van der Waals surface area (Å²) in [5.74, 6) is -0.506. The number of ether oxygens (including phenoxy) is 2. The summed E-state index contributed by atoms with van der Waals surface area (Å²) in [4.78, 5) is 13.6. The van der Waals surface area contributed by atoms with Gasteiger partial charge in [0.15, 0.2) is 0 Å². The Morgan fingerprint density at radius 2 is 2.08 bits per heavy atom. The Labute approximate surface area is 142 Å². The number of hydrogen-bond acceptors (Lipinski definition) is 6. The van der Waals surface area contributed by atoms with E-state index in [0.29, 0.717) is 13.2 Å². The summed E-state index contributed by atoms with van der Waals surface area (Å²) in [5, 5.41) is 0. The molecular formula is C15H23N3O5S. The van der Waals surface area contributed by atoms with Gasteiger partial charge in [-0.1, -0.05) is 0 Å². The van der Waals surface area contributed by atoms with E-state index < -0.39 is 15.9 Å². The molecule has 1 aromatic carbocycles. The van der Waals surface area contributed by atoms with Gasteiger partial charge in [0, 0.05) is 25.7 Å². The standard InChI is InChI=1S/C15H23N3O5S/c1-11(18-5-7-23-8-6-18)10-17-24(20,21)12-3-4-14(22-2)13(9-12)15(16)19/h3-4,9,11,17H,5-8,10H2,1-2H3,(H2,16,19). The summed E-state index contributed by atoms with van der Waals surface area (Å²) in [6, 6.07) is 4.06. The Morgan fingerprint density at radius 3 is 2.67 bits per heavy atom. The topological polar surface area (TPSA) is 111 Å². The van der Waals surface area contributed by atoms with Gasteiger partial charge in [0.05, 0.1) is 30.8 Å². The summed E-state index contributed by atoms with van der Waals surface area (Å²) < 4.78 is 37.8. The number of nitrogens with zero attached hydrogens (tertiary/aromatic N) is 1. The molecule has 8 nitrogen and oxygen atoms in total. The minimum absolute atomic E-state index is 0.0220. The summed E-state index contributed by atoms with van der Waals surface area (Å²) in [6.07, 6.45) is 0. The number of primary amides is 1. The number of amides is 1. The maximum atomic E-state index is 12.4. The Hall–Kier alpha value is -1.68. The van der Waals surface area contributed by atoms with E-state index in [1.54, 1.807) is 0 Å². The predicted octanol–water partition coefficient (Wildman–Crippen LogP) is -0.207. The molecule has 1 amide bonds. The monoisotopic (exact) mass is 357 g/mol. The van der Waals surface area contributed by atoms with Gasteiger partial charge in [0.1, 0.15) is 5.75 Å². The van der Waals surface area contributed by atoms with Crippen molar-refractivity contribution in [3.8, 4) is 5.75 Å². The van der Waals surface area contributed by atoms with Crippen molar-refractivity contribution in [1.29, 1.82) is 0 Å². The van der Waals surface area contributed by atoms with Gasteiger partial charge in [0.2, 0.25) is 10.0 Å². The molecule has 1 aromatic rings. The van der Waals surface area contributed by atoms with Crippen molar-refractivity contribution in [2.45, 2.75) is 17.9 Å². The van der Waals surface area contributed by atoms with Gasteiger partial charge >= 0.3 is 0 Å². The van der Waals surface area contributed by atoms with Crippen LogP contribution >= 0.6 is 0 Å². The Kier molecular flexibility index (Phi) is 6.16. The molecule has 24 heavy (non-hydrogen) atoms. The lowest BCUT2D eigenvalue weighted by molar-refractivity contribution is 0.0213. The highest BCUT2D eigenvalue weighted by molar-refractivity contribution is 7.89. The minimum atomic E-state index is -3.75. The Bertz CT molecular complexity index is 686. The van der Waals surface area contributed by atoms with Crippen LogP contribution in [0.5, 0.6) is 5.75 Å². The first-order chi connectivity index (χ1) is 11.3. The molecule has 1 atom stereocenters. The third-order valence-electron chi connectivity index (χ3n) is 3.98. The average Bonchev–Trinajstić information content (AvgIpc) is 2.59. The zero-order valence-electron chi connectivity index (χ0n) is 13.8. The molecule has 1 heterocycles. The normalized spacial score (nSPS) is 17.4. The highest BCUT2D eigenvalue weighted by Crippen LogP contribution is 2.22. The number of benzene rings is 1. The SMILES string of the molecule is COc1ccc(S(=O)(=O)NCC(C)N2CCOCC2)cc1C(N)=O. The highest BCUT2D eigenvalue weighted by Gasteiger charge is 2.22. The van der Waals surface area contributed by atoms with Crippen molar-refractivity contribution < 1.29 is 22.7 Å². The maximum Gasteiger partial charge on any atom is 0.252 e. The quantitative estimate of drug-likeness (QED) is 0.699. The third kappa shape index (κ3) is 4.44. The smallest absolute Gasteiger partial charge is 0.252 e. The van der Waals surface area contributed by atoms with E-state index in [0.717, 1.165) is 13.1 Å². The number of morpholine rings is 1. The first kappa shape index (κ1) is 18.7. The van der Waals surface area contributed by atoms with Crippen molar-refractivity contribution in [3.05, 3.63) is 23.8 Å². The number of nitrogens with two attached hydrogens (primary N) is 1. The van der Waals surface area contributed by atoms with Crippen LogP contribution in [0.1, 0.15) is 17.3 Å². The van der Waals surface area contributed by atoms with Crippen LogP contribution in [0.3, 0.4) is 0 Å². The number of methoxy groups -OCH3 is 1. The first-order valence-corrected chi connectivity index (χ1v) is 9.13. The van der Waals surface area contributed by atoms with Crippen molar-refractivity contribution in [3.63, 3.8) is 0 Å². The lowest BCUT2D eigenvalue weighted by Crippen LogP contribution is -2.47. The van der Waals surface area contributed by atoms with E-state index in [9.17, 15) is 13.2 Å². The molecule has 0 saturated carbocycles. The van der Waals surface area contributed by atoms with Crippen LogP contribution in [0.25, 0.3) is 0 Å². The molecule has 134 valence electrons. The van der Waals surface area contributed by atoms with E-state index >= 15 is 0 Å². The molecule has 1 aliphatic heterocycles. The van der Waals surface area contributed by atoms with E-state index in [-0.39, 0.29) is 28.8 Å². The van der Waals surface area contributed by atoms with Gasteiger partial charge < -0.3 is 15.2 Å². The van der Waals surface area contributed by atoms with Crippen molar-refractivity contribution in [2.75, 3.05) is 40.0 Å². The second-order valence-corrected chi connectivity index (χ2v) is 7.34. The molecule has 2 rings (SSSR count). The van der Waals surface area contributed by atoms with Gasteiger partial charge in [0.25, 0.3) is 5.91 Å². The highest BCUT2D eigenvalue weighted by atomic mass is 32.2. The molecule has 0 radical (unpaired) electrons. The van der Waals surface area contributed by atoms with Gasteiger partial charge in [-0.15, -0.1) is 0 Å². The molecule has 3 N–H and O–H groups in total.